The summed E-state index contributed by atoms with van der Waals surface area (Å²) in [4.78, 5) is 0. The van der Waals surface area contributed by atoms with Crippen molar-refractivity contribution in [2.45, 2.75) is 20.3 Å². The molecule has 0 radical (unpaired) electrons. The maximum atomic E-state index is 3.77. The molecule has 0 atom stereocenters. The van der Waals surface area contributed by atoms with Crippen molar-refractivity contribution in [1.82, 2.24) is 0 Å². The van der Waals surface area contributed by atoms with E-state index in [0.717, 1.165) is 12.0 Å². The molecule has 0 fully saturated rings. The molecule has 0 nitrogen and oxygen atoms in total. The van der Waals surface area contributed by atoms with Gasteiger partial charge in [0.25, 0.3) is 0 Å². The first-order valence-corrected chi connectivity index (χ1v) is 4.58. The molecule has 0 aromatic heterocycles. The lowest BCUT2D eigenvalue weighted by Crippen LogP contribution is -1.82. The van der Waals surface area contributed by atoms with Gasteiger partial charge in [0, 0.05) is 0 Å². The van der Waals surface area contributed by atoms with Gasteiger partial charge in [0.05, 0.1) is 0 Å². The average Bonchev–Trinajstić information content (AvgIpc) is 2.14. The highest BCUT2D eigenvalue weighted by molar-refractivity contribution is 5.46. The first-order chi connectivity index (χ1) is 6.29. The summed E-state index contributed by atoms with van der Waals surface area (Å²) in [6.07, 6.45) is 12.9. The molecule has 0 amide bonds. The van der Waals surface area contributed by atoms with Crippen molar-refractivity contribution in [3.05, 3.63) is 60.8 Å². The molecule has 0 bridgehead atoms. The molecule has 0 aromatic carbocycles. The van der Waals surface area contributed by atoms with Crippen LogP contribution in [0.4, 0.5) is 0 Å². The summed E-state index contributed by atoms with van der Waals surface area (Å²) in [7, 11) is 0. The molecule has 0 aromatic rings. The van der Waals surface area contributed by atoms with Crippen molar-refractivity contribution in [3.63, 3.8) is 0 Å². The summed E-state index contributed by atoms with van der Waals surface area (Å²) in [5.41, 5.74) is 2.33. The van der Waals surface area contributed by atoms with Crippen molar-refractivity contribution in [2.75, 3.05) is 0 Å². The van der Waals surface area contributed by atoms with Gasteiger partial charge in [-0.05, 0) is 24.5 Å². The summed E-state index contributed by atoms with van der Waals surface area (Å²) in [5.74, 6) is 0. The van der Waals surface area contributed by atoms with Gasteiger partial charge in [-0.25, -0.2) is 0 Å². The van der Waals surface area contributed by atoms with Gasteiger partial charge in [-0.2, -0.15) is 0 Å². The van der Waals surface area contributed by atoms with E-state index in [9.17, 15) is 0 Å². The molecule has 0 saturated carbocycles. The summed E-state index contributed by atoms with van der Waals surface area (Å²) in [6, 6.07) is 0. The summed E-state index contributed by atoms with van der Waals surface area (Å²) in [5, 5.41) is 0. The molecule has 13 heavy (non-hydrogen) atoms. The summed E-state index contributed by atoms with van der Waals surface area (Å²) < 4.78 is 0. The van der Waals surface area contributed by atoms with Crippen LogP contribution in [0.15, 0.2) is 60.8 Å². The molecule has 0 rings (SSSR count). The van der Waals surface area contributed by atoms with Crippen molar-refractivity contribution in [1.29, 1.82) is 0 Å². The third-order valence-electron chi connectivity index (χ3n) is 1.62. The van der Waals surface area contributed by atoms with Crippen LogP contribution in [0.5, 0.6) is 0 Å². The van der Waals surface area contributed by atoms with Crippen molar-refractivity contribution in [3.8, 4) is 0 Å². The second-order valence-corrected chi connectivity index (χ2v) is 2.63. The number of hydrogen-bond acceptors (Lipinski definition) is 0. The molecule has 0 saturated heterocycles. The van der Waals surface area contributed by atoms with Gasteiger partial charge in [0.2, 0.25) is 0 Å². The number of hydrogen-bond donors (Lipinski definition) is 0. The SMILES string of the molecule is C=C/C=C(C=C)/C(/C=C\C)=C/CC. The Bertz CT molecular complexity index is 249. The van der Waals surface area contributed by atoms with Crippen molar-refractivity contribution >= 4 is 0 Å². The van der Waals surface area contributed by atoms with E-state index < -0.39 is 0 Å². The van der Waals surface area contributed by atoms with E-state index in [2.05, 4.69) is 32.2 Å². The molecule has 0 aliphatic heterocycles. The van der Waals surface area contributed by atoms with Crippen LogP contribution in [-0.4, -0.2) is 0 Å². The van der Waals surface area contributed by atoms with E-state index in [-0.39, 0.29) is 0 Å². The highest BCUT2D eigenvalue weighted by Gasteiger charge is 1.94. The fraction of sp³-hybridized carbons (Fsp3) is 0.231. The Labute approximate surface area is 81.7 Å². The zero-order chi connectivity index (χ0) is 10.1. The van der Waals surface area contributed by atoms with E-state index >= 15 is 0 Å². The quantitative estimate of drug-likeness (QED) is 0.548. The number of rotatable bonds is 5. The lowest BCUT2D eigenvalue weighted by molar-refractivity contribution is 1.20. The third-order valence-corrected chi connectivity index (χ3v) is 1.62. The van der Waals surface area contributed by atoms with Gasteiger partial charge in [-0.15, -0.1) is 0 Å². The minimum atomic E-state index is 1.03. The van der Waals surface area contributed by atoms with Crippen molar-refractivity contribution in [2.24, 2.45) is 0 Å². The molecular weight excluding hydrogens is 156 g/mol. The van der Waals surface area contributed by atoms with Crippen LogP contribution in [0.3, 0.4) is 0 Å². The predicted octanol–water partition coefficient (Wildman–Crippen LogP) is 4.20. The molecule has 0 N–H and O–H groups in total. The predicted molar refractivity (Wildman–Crippen MR) is 61.7 cm³/mol. The molecule has 0 unspecified atom stereocenters. The average molecular weight is 174 g/mol. The highest BCUT2D eigenvalue weighted by atomic mass is 14.0. The van der Waals surface area contributed by atoms with E-state index in [1.54, 1.807) is 6.08 Å². The van der Waals surface area contributed by atoms with Gasteiger partial charge >= 0.3 is 0 Å². The van der Waals surface area contributed by atoms with Gasteiger partial charge in [0.1, 0.15) is 0 Å². The Morgan fingerprint density at radius 3 is 2.31 bits per heavy atom. The Balaban J connectivity index is 4.90. The second-order valence-electron chi connectivity index (χ2n) is 2.63. The lowest BCUT2D eigenvalue weighted by Gasteiger charge is -2.01. The van der Waals surface area contributed by atoms with Gasteiger partial charge in [0.15, 0.2) is 0 Å². The van der Waals surface area contributed by atoms with Crippen LogP contribution in [0, 0.1) is 0 Å². The normalized spacial score (nSPS) is 13.4. The Morgan fingerprint density at radius 1 is 1.23 bits per heavy atom. The van der Waals surface area contributed by atoms with E-state index in [1.165, 1.54) is 5.57 Å². The largest absolute Gasteiger partial charge is 0.0990 e. The number of allylic oxidation sites excluding steroid dienone is 8. The zero-order valence-corrected chi connectivity index (χ0v) is 8.59. The summed E-state index contributed by atoms with van der Waals surface area (Å²) >= 11 is 0. The molecule has 0 heteroatoms. The van der Waals surface area contributed by atoms with Crippen LogP contribution in [0.1, 0.15) is 20.3 Å². The molecular formula is C13H18. The minimum Gasteiger partial charge on any atom is -0.0990 e. The van der Waals surface area contributed by atoms with Crippen LogP contribution in [0.25, 0.3) is 0 Å². The van der Waals surface area contributed by atoms with Crippen LogP contribution in [0.2, 0.25) is 0 Å². The van der Waals surface area contributed by atoms with Crippen LogP contribution < -0.4 is 0 Å². The fourth-order valence-corrected chi connectivity index (χ4v) is 1.09. The van der Waals surface area contributed by atoms with E-state index in [4.69, 9.17) is 0 Å². The maximum absolute atomic E-state index is 3.77. The second kappa shape index (κ2) is 7.35. The van der Waals surface area contributed by atoms with E-state index in [1.807, 2.05) is 25.2 Å². The highest BCUT2D eigenvalue weighted by Crippen LogP contribution is 2.13. The smallest absolute Gasteiger partial charge is 0.0193 e. The maximum Gasteiger partial charge on any atom is -0.0193 e. The topological polar surface area (TPSA) is 0 Å². The zero-order valence-electron chi connectivity index (χ0n) is 8.59. The molecule has 0 aliphatic carbocycles. The monoisotopic (exact) mass is 174 g/mol. The van der Waals surface area contributed by atoms with E-state index in [0.29, 0.717) is 0 Å². The Kier molecular flexibility index (Phi) is 6.62. The minimum absolute atomic E-state index is 1.03. The standard InChI is InChI=1S/C13H18/c1-5-9-12(8-4)13(10-6-2)11-7-3/h5-6,8-11H,1,4,7H2,2-3H3/b10-6-,12-9+,13-11+. The molecule has 0 aliphatic rings. The first kappa shape index (κ1) is 11.7. The lowest BCUT2D eigenvalue weighted by atomic mass is 10.0. The Morgan fingerprint density at radius 2 is 1.92 bits per heavy atom. The van der Waals surface area contributed by atoms with Crippen LogP contribution >= 0.6 is 0 Å². The van der Waals surface area contributed by atoms with Gasteiger partial charge < -0.3 is 0 Å². The fourth-order valence-electron chi connectivity index (χ4n) is 1.09. The first-order valence-electron chi connectivity index (χ1n) is 4.58. The van der Waals surface area contributed by atoms with Crippen molar-refractivity contribution < 1.29 is 0 Å². The molecule has 0 spiro atoms. The van der Waals surface area contributed by atoms with Crippen LogP contribution in [-0.2, 0) is 0 Å². The van der Waals surface area contributed by atoms with Gasteiger partial charge in [-0.1, -0.05) is 56.5 Å². The molecule has 70 valence electrons. The Hall–Kier alpha value is -1.30. The van der Waals surface area contributed by atoms with Gasteiger partial charge in [-0.3, -0.25) is 0 Å². The molecule has 0 heterocycles. The third kappa shape index (κ3) is 4.32. The summed E-state index contributed by atoms with van der Waals surface area (Å²) in [6.45, 7) is 11.6.